The van der Waals surface area contributed by atoms with E-state index in [2.05, 4.69) is 15.5 Å². The molecule has 8 nitrogen and oxygen atoms in total. The first-order valence-corrected chi connectivity index (χ1v) is 10.4. The lowest BCUT2D eigenvalue weighted by Gasteiger charge is -2.31. The van der Waals surface area contributed by atoms with E-state index >= 15 is 0 Å². The zero-order valence-electron chi connectivity index (χ0n) is 15.0. The van der Waals surface area contributed by atoms with Crippen LogP contribution >= 0.6 is 0 Å². The Hall–Kier alpha value is -2.68. The van der Waals surface area contributed by atoms with E-state index in [-0.39, 0.29) is 5.91 Å². The Morgan fingerprint density at radius 2 is 1.89 bits per heavy atom. The van der Waals surface area contributed by atoms with Gasteiger partial charge in [-0.3, -0.25) is 14.7 Å². The minimum absolute atomic E-state index is 0.202. The van der Waals surface area contributed by atoms with E-state index in [4.69, 9.17) is 0 Å². The second-order valence-electron chi connectivity index (χ2n) is 6.50. The average molecular weight is 390 g/mol. The van der Waals surface area contributed by atoms with Crippen molar-refractivity contribution >= 4 is 21.7 Å². The van der Waals surface area contributed by atoms with Crippen molar-refractivity contribution in [2.24, 2.45) is 0 Å². The van der Waals surface area contributed by atoms with Crippen LogP contribution < -0.4 is 5.32 Å². The molecule has 1 saturated heterocycles. The van der Waals surface area contributed by atoms with E-state index in [1.165, 1.54) is 7.05 Å². The molecule has 0 bridgehead atoms. The predicted molar refractivity (Wildman–Crippen MR) is 101 cm³/mol. The molecule has 0 aliphatic carbocycles. The van der Waals surface area contributed by atoms with Crippen molar-refractivity contribution in [2.75, 3.05) is 25.9 Å². The number of nitrogens with zero attached hydrogens (tertiary/aromatic N) is 2. The van der Waals surface area contributed by atoms with E-state index < -0.39 is 26.7 Å². The molecule has 2 N–H and O–H groups in total. The fourth-order valence-electron chi connectivity index (χ4n) is 3.15. The molecule has 144 valence electrons. The molecule has 0 atom stereocenters. The van der Waals surface area contributed by atoms with Crippen molar-refractivity contribution in [3.8, 4) is 11.3 Å². The lowest BCUT2D eigenvalue weighted by molar-refractivity contribution is -0.118. The molecule has 0 saturated carbocycles. The summed E-state index contributed by atoms with van der Waals surface area (Å²) in [5, 5.41) is 8.68. The topological polar surface area (TPSA) is 112 Å². The van der Waals surface area contributed by atoms with Gasteiger partial charge in [0.2, 0.25) is 5.91 Å². The normalized spacial score (nSPS) is 15.5. The van der Waals surface area contributed by atoms with E-state index in [0.717, 1.165) is 5.56 Å². The highest BCUT2D eigenvalue weighted by molar-refractivity contribution is 7.92. The third-order valence-electron chi connectivity index (χ3n) is 4.73. The first-order valence-electron chi connectivity index (χ1n) is 8.73. The SMILES string of the molecule is CNC(=O)CS(=O)(=O)C1CCN(C(=O)c2cc(-c3ccccc3)n[nH]2)CC1. The number of H-pyrrole nitrogens is 1. The highest BCUT2D eigenvalue weighted by Gasteiger charge is 2.33. The zero-order valence-corrected chi connectivity index (χ0v) is 15.8. The molecule has 1 aliphatic heterocycles. The number of hydrogen-bond acceptors (Lipinski definition) is 5. The molecule has 1 fully saturated rings. The molecule has 1 aromatic carbocycles. The summed E-state index contributed by atoms with van der Waals surface area (Å²) in [4.78, 5) is 25.7. The monoisotopic (exact) mass is 390 g/mol. The van der Waals surface area contributed by atoms with E-state index in [1.54, 1.807) is 11.0 Å². The molecule has 1 aromatic heterocycles. The molecule has 27 heavy (non-hydrogen) atoms. The van der Waals surface area contributed by atoms with Crippen molar-refractivity contribution in [1.82, 2.24) is 20.4 Å². The maximum Gasteiger partial charge on any atom is 0.271 e. The summed E-state index contributed by atoms with van der Waals surface area (Å²) in [6.45, 7) is 0.659. The summed E-state index contributed by atoms with van der Waals surface area (Å²) < 4.78 is 24.6. The quantitative estimate of drug-likeness (QED) is 0.786. The number of piperidine rings is 1. The van der Waals surface area contributed by atoms with Gasteiger partial charge in [0.15, 0.2) is 9.84 Å². The molecule has 0 radical (unpaired) electrons. The third-order valence-corrected chi connectivity index (χ3v) is 6.88. The van der Waals surface area contributed by atoms with Gasteiger partial charge in [0.1, 0.15) is 11.4 Å². The molecular formula is C18H22N4O4S. The summed E-state index contributed by atoms with van der Waals surface area (Å²) in [5.41, 5.74) is 1.97. The number of benzene rings is 1. The number of nitrogens with one attached hydrogen (secondary N) is 2. The number of sulfone groups is 1. The van der Waals surface area contributed by atoms with Crippen LogP contribution in [-0.4, -0.2) is 66.5 Å². The van der Waals surface area contributed by atoms with Gasteiger partial charge < -0.3 is 10.2 Å². The Kier molecular flexibility index (Phi) is 5.59. The van der Waals surface area contributed by atoms with E-state index in [9.17, 15) is 18.0 Å². The van der Waals surface area contributed by atoms with Crippen LogP contribution in [0.1, 0.15) is 23.3 Å². The Morgan fingerprint density at radius 1 is 1.22 bits per heavy atom. The number of aromatic nitrogens is 2. The lowest BCUT2D eigenvalue weighted by Crippen LogP contribution is -2.44. The van der Waals surface area contributed by atoms with E-state index in [0.29, 0.717) is 37.3 Å². The van der Waals surface area contributed by atoms with Crippen LogP contribution in [0.3, 0.4) is 0 Å². The van der Waals surface area contributed by atoms with Crippen molar-refractivity contribution in [3.63, 3.8) is 0 Å². The highest BCUT2D eigenvalue weighted by Crippen LogP contribution is 2.22. The van der Waals surface area contributed by atoms with Crippen LogP contribution in [0.4, 0.5) is 0 Å². The number of carbonyl (C=O) groups is 2. The van der Waals surface area contributed by atoms with Gasteiger partial charge in [-0.25, -0.2) is 8.42 Å². The molecule has 2 aromatic rings. The summed E-state index contributed by atoms with van der Waals surface area (Å²) in [5.74, 6) is -1.23. The maximum atomic E-state index is 12.7. The second kappa shape index (κ2) is 7.91. The Balaban J connectivity index is 1.62. The average Bonchev–Trinajstić information content (AvgIpc) is 3.18. The summed E-state index contributed by atoms with van der Waals surface area (Å²) in [7, 11) is -2.10. The second-order valence-corrected chi connectivity index (χ2v) is 8.79. The number of carbonyl (C=O) groups excluding carboxylic acids is 2. The zero-order chi connectivity index (χ0) is 19.4. The number of hydrogen-bond donors (Lipinski definition) is 2. The van der Waals surface area contributed by atoms with E-state index in [1.807, 2.05) is 30.3 Å². The van der Waals surface area contributed by atoms with Crippen LogP contribution in [0.25, 0.3) is 11.3 Å². The fourth-order valence-corrected chi connectivity index (χ4v) is 4.82. The van der Waals surface area contributed by atoms with Crippen molar-refractivity contribution in [3.05, 3.63) is 42.1 Å². The minimum Gasteiger partial charge on any atom is -0.358 e. The van der Waals surface area contributed by atoms with Crippen molar-refractivity contribution in [2.45, 2.75) is 18.1 Å². The third kappa shape index (κ3) is 4.36. The standard InChI is InChI=1S/C18H22N4O4S/c1-19-17(23)12-27(25,26)14-7-9-22(10-8-14)18(24)16-11-15(20-21-16)13-5-3-2-4-6-13/h2-6,11,14H,7-10,12H2,1H3,(H,19,23)(H,20,21). The van der Waals surface area contributed by atoms with Crippen LogP contribution in [-0.2, 0) is 14.6 Å². The smallest absolute Gasteiger partial charge is 0.271 e. The van der Waals surface area contributed by atoms with Gasteiger partial charge in [-0.05, 0) is 18.9 Å². The van der Waals surface area contributed by atoms with Gasteiger partial charge in [0.25, 0.3) is 5.91 Å². The number of likely N-dealkylation sites (tertiary alicyclic amines) is 1. The lowest BCUT2D eigenvalue weighted by atomic mass is 10.1. The number of rotatable bonds is 5. The van der Waals surface area contributed by atoms with Gasteiger partial charge in [-0.2, -0.15) is 5.10 Å². The first-order chi connectivity index (χ1) is 12.9. The molecule has 2 heterocycles. The Labute approximate surface area is 157 Å². The van der Waals surface area contributed by atoms with Crippen molar-refractivity contribution in [1.29, 1.82) is 0 Å². The molecular weight excluding hydrogens is 368 g/mol. The molecule has 1 aliphatic rings. The van der Waals surface area contributed by atoms with Crippen LogP contribution in [0.2, 0.25) is 0 Å². The van der Waals surface area contributed by atoms with Crippen LogP contribution in [0.15, 0.2) is 36.4 Å². The molecule has 0 spiro atoms. The summed E-state index contributed by atoms with van der Waals surface area (Å²) in [6.07, 6.45) is 0.648. The Bertz CT molecular complexity index is 916. The minimum atomic E-state index is -3.51. The van der Waals surface area contributed by atoms with Gasteiger partial charge in [0, 0.05) is 25.7 Å². The molecule has 0 unspecified atom stereocenters. The summed E-state index contributed by atoms with van der Waals surface area (Å²) >= 11 is 0. The van der Waals surface area contributed by atoms with Gasteiger partial charge in [-0.15, -0.1) is 0 Å². The molecule has 2 amide bonds. The fraction of sp³-hybridized carbons (Fsp3) is 0.389. The Morgan fingerprint density at radius 3 is 2.52 bits per heavy atom. The molecule has 3 rings (SSSR count). The van der Waals surface area contributed by atoms with Crippen molar-refractivity contribution < 1.29 is 18.0 Å². The largest absolute Gasteiger partial charge is 0.358 e. The predicted octanol–water partition coefficient (Wildman–Crippen LogP) is 0.842. The van der Waals surface area contributed by atoms with Gasteiger partial charge >= 0.3 is 0 Å². The number of aromatic amines is 1. The van der Waals surface area contributed by atoms with Crippen LogP contribution in [0.5, 0.6) is 0 Å². The maximum absolute atomic E-state index is 12.7. The first kappa shape index (κ1) is 19.1. The van der Waals surface area contributed by atoms with Gasteiger partial charge in [0.05, 0.1) is 10.9 Å². The number of amides is 2. The van der Waals surface area contributed by atoms with Gasteiger partial charge in [-0.1, -0.05) is 30.3 Å². The molecule has 9 heteroatoms. The van der Waals surface area contributed by atoms with Crippen LogP contribution in [0, 0.1) is 0 Å². The summed E-state index contributed by atoms with van der Waals surface area (Å²) in [6, 6.07) is 11.2. The highest BCUT2D eigenvalue weighted by atomic mass is 32.2.